The van der Waals surface area contributed by atoms with E-state index >= 15 is 0 Å². The quantitative estimate of drug-likeness (QED) is 0.890. The number of nitrogens with zero attached hydrogens (tertiary/aromatic N) is 1. The molecule has 3 N–H and O–H groups in total. The largest absolute Gasteiger partial charge is 0.329 e. The van der Waals surface area contributed by atoms with E-state index in [1.54, 1.807) is 13.0 Å². The number of benzene rings is 1. The summed E-state index contributed by atoms with van der Waals surface area (Å²) in [6.07, 6.45) is 0. The number of aromatic nitrogens is 1. The number of hydrogen-bond donors (Lipinski definition) is 2. The second-order valence-corrected chi connectivity index (χ2v) is 6.62. The summed E-state index contributed by atoms with van der Waals surface area (Å²) in [6.45, 7) is 3.49. The standard InChI is InChI=1S/C13H17N3O2S/c1-9-7-13(16-19(17,18)10(2)8-14)11-5-3-4-6-12(11)15-9/h3-7,10H,8,14H2,1-2H3,(H,15,16). The summed E-state index contributed by atoms with van der Waals surface area (Å²) >= 11 is 0. The summed E-state index contributed by atoms with van der Waals surface area (Å²) in [5, 5.41) is 0.139. The van der Waals surface area contributed by atoms with Crippen LogP contribution in [0.5, 0.6) is 0 Å². The number of nitrogens with two attached hydrogens (primary N) is 1. The van der Waals surface area contributed by atoms with Gasteiger partial charge in [-0.05, 0) is 26.0 Å². The highest BCUT2D eigenvalue weighted by Crippen LogP contribution is 2.24. The van der Waals surface area contributed by atoms with Crippen molar-refractivity contribution in [1.29, 1.82) is 0 Å². The van der Waals surface area contributed by atoms with E-state index < -0.39 is 15.3 Å². The van der Waals surface area contributed by atoms with Crippen molar-refractivity contribution in [3.63, 3.8) is 0 Å². The molecule has 19 heavy (non-hydrogen) atoms. The van der Waals surface area contributed by atoms with Crippen LogP contribution in [-0.4, -0.2) is 25.2 Å². The Labute approximate surface area is 112 Å². The lowest BCUT2D eigenvalue weighted by atomic mass is 10.2. The van der Waals surface area contributed by atoms with Gasteiger partial charge in [-0.3, -0.25) is 9.71 Å². The van der Waals surface area contributed by atoms with Crippen molar-refractivity contribution in [2.75, 3.05) is 11.3 Å². The van der Waals surface area contributed by atoms with E-state index in [2.05, 4.69) is 9.71 Å². The first-order chi connectivity index (χ1) is 8.94. The van der Waals surface area contributed by atoms with E-state index in [1.165, 1.54) is 0 Å². The van der Waals surface area contributed by atoms with Crippen molar-refractivity contribution in [2.45, 2.75) is 19.1 Å². The molecule has 0 spiro atoms. The summed E-state index contributed by atoms with van der Waals surface area (Å²) in [7, 11) is -3.47. The molecule has 1 heterocycles. The number of nitrogens with one attached hydrogen (secondary N) is 1. The first-order valence-electron chi connectivity index (χ1n) is 6.02. The van der Waals surface area contributed by atoms with Crippen LogP contribution in [0, 0.1) is 6.92 Å². The molecule has 1 aromatic heterocycles. The van der Waals surface area contributed by atoms with Crippen LogP contribution >= 0.6 is 0 Å². The van der Waals surface area contributed by atoms with Crippen molar-refractivity contribution in [1.82, 2.24) is 4.98 Å². The maximum Gasteiger partial charge on any atom is 0.236 e. The minimum atomic E-state index is -3.47. The fourth-order valence-electron chi connectivity index (χ4n) is 1.77. The van der Waals surface area contributed by atoms with E-state index in [4.69, 9.17) is 5.73 Å². The van der Waals surface area contributed by atoms with Gasteiger partial charge in [0.15, 0.2) is 0 Å². The second-order valence-electron chi connectivity index (χ2n) is 4.52. The molecule has 102 valence electrons. The first-order valence-corrected chi connectivity index (χ1v) is 7.57. The minimum absolute atomic E-state index is 0.0807. The van der Waals surface area contributed by atoms with Crippen molar-refractivity contribution in [3.8, 4) is 0 Å². The van der Waals surface area contributed by atoms with Gasteiger partial charge < -0.3 is 5.73 Å². The normalized spacial score (nSPS) is 13.4. The smallest absolute Gasteiger partial charge is 0.236 e. The number of fused-ring (bicyclic) bond motifs is 1. The topological polar surface area (TPSA) is 85.1 Å². The van der Waals surface area contributed by atoms with E-state index in [1.807, 2.05) is 31.2 Å². The highest BCUT2D eigenvalue weighted by Gasteiger charge is 2.20. The van der Waals surface area contributed by atoms with Crippen molar-refractivity contribution < 1.29 is 8.42 Å². The van der Waals surface area contributed by atoms with Gasteiger partial charge in [0.25, 0.3) is 0 Å². The molecule has 0 saturated heterocycles. The molecule has 0 fully saturated rings. The average Bonchev–Trinajstić information content (AvgIpc) is 2.37. The lowest BCUT2D eigenvalue weighted by Gasteiger charge is -2.15. The second kappa shape index (κ2) is 5.14. The van der Waals surface area contributed by atoms with E-state index in [-0.39, 0.29) is 6.54 Å². The molecule has 2 aromatic rings. The zero-order valence-electron chi connectivity index (χ0n) is 10.9. The Bertz CT molecular complexity index is 698. The van der Waals surface area contributed by atoms with Gasteiger partial charge in [0.2, 0.25) is 10.0 Å². The Balaban J connectivity index is 2.52. The van der Waals surface area contributed by atoms with E-state index in [0.29, 0.717) is 5.69 Å². The fourth-order valence-corrected chi connectivity index (χ4v) is 2.70. The van der Waals surface area contributed by atoms with Crippen LogP contribution < -0.4 is 10.5 Å². The van der Waals surface area contributed by atoms with E-state index in [9.17, 15) is 8.42 Å². The van der Waals surface area contributed by atoms with Crippen LogP contribution in [0.2, 0.25) is 0 Å². The molecular formula is C13H17N3O2S. The monoisotopic (exact) mass is 279 g/mol. The third-order valence-corrected chi connectivity index (χ3v) is 4.71. The van der Waals surface area contributed by atoms with Gasteiger partial charge in [-0.25, -0.2) is 8.42 Å². The minimum Gasteiger partial charge on any atom is -0.329 e. The summed E-state index contributed by atoms with van der Waals surface area (Å²) in [5.41, 5.74) is 7.49. The Hall–Kier alpha value is -1.66. The summed E-state index contributed by atoms with van der Waals surface area (Å²) in [6, 6.07) is 9.14. The molecule has 0 radical (unpaired) electrons. The third kappa shape index (κ3) is 2.85. The van der Waals surface area contributed by atoms with Crippen LogP contribution in [-0.2, 0) is 10.0 Å². The number of hydrogen-bond acceptors (Lipinski definition) is 4. The van der Waals surface area contributed by atoms with Gasteiger partial charge >= 0.3 is 0 Å². The first kappa shape index (κ1) is 13.8. The molecule has 0 aliphatic carbocycles. The highest BCUT2D eigenvalue weighted by molar-refractivity contribution is 7.93. The molecule has 0 aliphatic heterocycles. The molecule has 5 nitrogen and oxygen atoms in total. The summed E-state index contributed by atoms with van der Waals surface area (Å²) in [5.74, 6) is 0. The SMILES string of the molecule is Cc1cc(NS(=O)(=O)C(C)CN)c2ccccc2n1. The Morgan fingerprint density at radius 1 is 1.37 bits per heavy atom. The Kier molecular flexibility index (Phi) is 3.73. The fraction of sp³-hybridized carbons (Fsp3) is 0.308. The molecular weight excluding hydrogens is 262 g/mol. The number of pyridine rings is 1. The van der Waals surface area contributed by atoms with E-state index in [0.717, 1.165) is 16.6 Å². The maximum atomic E-state index is 12.1. The zero-order chi connectivity index (χ0) is 14.0. The molecule has 0 saturated carbocycles. The molecule has 6 heteroatoms. The number of rotatable bonds is 4. The van der Waals surface area contributed by atoms with Crippen molar-refractivity contribution >= 4 is 26.6 Å². The molecule has 1 unspecified atom stereocenters. The lowest BCUT2D eigenvalue weighted by Crippen LogP contribution is -2.31. The van der Waals surface area contributed by atoms with Crippen LogP contribution in [0.15, 0.2) is 30.3 Å². The van der Waals surface area contributed by atoms with Gasteiger partial charge in [0.1, 0.15) is 0 Å². The molecule has 1 atom stereocenters. The predicted octanol–water partition coefficient (Wildman–Crippen LogP) is 1.63. The maximum absolute atomic E-state index is 12.1. The van der Waals surface area contributed by atoms with Gasteiger partial charge in [-0.15, -0.1) is 0 Å². The van der Waals surface area contributed by atoms with Crippen LogP contribution in [0.4, 0.5) is 5.69 Å². The number of anilines is 1. The number of sulfonamides is 1. The average molecular weight is 279 g/mol. The third-order valence-electron chi connectivity index (χ3n) is 2.96. The molecule has 0 amide bonds. The van der Waals surface area contributed by atoms with Crippen LogP contribution in [0.3, 0.4) is 0 Å². The summed E-state index contributed by atoms with van der Waals surface area (Å²) in [4.78, 5) is 4.37. The van der Waals surface area contributed by atoms with Crippen molar-refractivity contribution in [3.05, 3.63) is 36.0 Å². The van der Waals surface area contributed by atoms with Crippen LogP contribution in [0.25, 0.3) is 10.9 Å². The number of para-hydroxylation sites is 1. The van der Waals surface area contributed by atoms with Gasteiger partial charge in [0.05, 0.1) is 16.5 Å². The van der Waals surface area contributed by atoms with Gasteiger partial charge in [-0.1, -0.05) is 18.2 Å². The molecule has 1 aromatic carbocycles. The molecule has 0 aliphatic rings. The number of aryl methyl sites for hydroxylation is 1. The van der Waals surface area contributed by atoms with Gasteiger partial charge in [-0.2, -0.15) is 0 Å². The lowest BCUT2D eigenvalue weighted by molar-refractivity contribution is 0.589. The Morgan fingerprint density at radius 3 is 2.74 bits per heavy atom. The highest BCUT2D eigenvalue weighted by atomic mass is 32.2. The molecule has 2 rings (SSSR count). The van der Waals surface area contributed by atoms with Gasteiger partial charge in [0, 0.05) is 17.6 Å². The Morgan fingerprint density at radius 2 is 2.05 bits per heavy atom. The predicted molar refractivity (Wildman–Crippen MR) is 77.5 cm³/mol. The van der Waals surface area contributed by atoms with Crippen molar-refractivity contribution in [2.24, 2.45) is 5.73 Å². The summed E-state index contributed by atoms with van der Waals surface area (Å²) < 4.78 is 26.8. The zero-order valence-corrected chi connectivity index (χ0v) is 11.7. The molecule has 0 bridgehead atoms. The van der Waals surface area contributed by atoms with Crippen LogP contribution in [0.1, 0.15) is 12.6 Å².